The highest BCUT2D eigenvalue weighted by molar-refractivity contribution is 7.99. The molecule has 1 amide bonds. The van der Waals surface area contributed by atoms with Crippen molar-refractivity contribution in [3.8, 4) is 0 Å². The van der Waals surface area contributed by atoms with Crippen LogP contribution < -0.4 is 16.0 Å². The fourth-order valence-corrected chi connectivity index (χ4v) is 3.85. The molecule has 0 aliphatic heterocycles. The number of carbonyl (C=O) groups is 1. The highest BCUT2D eigenvalue weighted by Gasteiger charge is 2.24. The summed E-state index contributed by atoms with van der Waals surface area (Å²) in [5.41, 5.74) is 0.672. The highest BCUT2D eigenvalue weighted by atomic mass is 32.2. The zero-order chi connectivity index (χ0) is 18.8. The number of thioether (sulfide) groups is 1. The number of nitrogens with one attached hydrogen (secondary N) is 3. The van der Waals surface area contributed by atoms with Crippen LogP contribution >= 0.6 is 11.8 Å². The molecule has 0 bridgehead atoms. The number of rotatable bonds is 8. The molecule has 0 spiro atoms. The summed E-state index contributed by atoms with van der Waals surface area (Å²) in [5, 5.41) is 10.3. The minimum atomic E-state index is -0.322. The summed E-state index contributed by atoms with van der Waals surface area (Å²) in [5.74, 6) is 0.359. The Kier molecular flexibility index (Phi) is 8.74. The second-order valence-corrected chi connectivity index (χ2v) is 7.57. The van der Waals surface area contributed by atoms with Gasteiger partial charge in [-0.05, 0) is 50.1 Å². The first kappa shape index (κ1) is 20.6. The highest BCUT2D eigenvalue weighted by Crippen LogP contribution is 2.27. The molecule has 3 N–H and O–H groups in total. The van der Waals surface area contributed by atoms with Crippen LogP contribution in [-0.2, 0) is 11.2 Å². The van der Waals surface area contributed by atoms with Crippen LogP contribution in [0, 0.1) is 5.82 Å². The SMILES string of the molecule is CCNC(=NCCNC(=O)Cc1cccc(F)c1)NC1CCC(SC)C1. The molecule has 5 nitrogen and oxygen atoms in total. The molecule has 0 radical (unpaired) electrons. The average molecular weight is 381 g/mol. The molecule has 26 heavy (non-hydrogen) atoms. The third kappa shape index (κ3) is 7.23. The van der Waals surface area contributed by atoms with E-state index >= 15 is 0 Å². The first-order chi connectivity index (χ1) is 12.6. The smallest absolute Gasteiger partial charge is 0.224 e. The predicted octanol–water partition coefficient (Wildman–Crippen LogP) is 2.32. The lowest BCUT2D eigenvalue weighted by Crippen LogP contribution is -2.43. The van der Waals surface area contributed by atoms with Crippen LogP contribution in [0.25, 0.3) is 0 Å². The summed E-state index contributed by atoms with van der Waals surface area (Å²) in [4.78, 5) is 16.5. The molecule has 2 unspecified atom stereocenters. The van der Waals surface area contributed by atoms with Gasteiger partial charge in [-0.25, -0.2) is 4.39 Å². The molecule has 144 valence electrons. The van der Waals surface area contributed by atoms with E-state index in [1.54, 1.807) is 12.1 Å². The molecular formula is C19H29FN4OS. The molecule has 1 saturated carbocycles. The molecular weight excluding hydrogens is 351 g/mol. The Balaban J connectivity index is 1.72. The summed E-state index contributed by atoms with van der Waals surface area (Å²) in [6.45, 7) is 3.81. The summed E-state index contributed by atoms with van der Waals surface area (Å²) in [7, 11) is 0. The van der Waals surface area contributed by atoms with Gasteiger partial charge in [-0.2, -0.15) is 11.8 Å². The van der Waals surface area contributed by atoms with Gasteiger partial charge in [-0.1, -0.05) is 12.1 Å². The first-order valence-corrected chi connectivity index (χ1v) is 10.5. The number of hydrogen-bond donors (Lipinski definition) is 3. The zero-order valence-corrected chi connectivity index (χ0v) is 16.4. The second kappa shape index (κ2) is 11.1. The van der Waals surface area contributed by atoms with Crippen molar-refractivity contribution in [2.45, 2.75) is 43.9 Å². The second-order valence-electron chi connectivity index (χ2n) is 6.43. The van der Waals surface area contributed by atoms with E-state index in [9.17, 15) is 9.18 Å². The molecule has 1 fully saturated rings. The quantitative estimate of drug-likeness (QED) is 0.368. The molecule has 7 heteroatoms. The maximum absolute atomic E-state index is 13.1. The number of benzene rings is 1. The lowest BCUT2D eigenvalue weighted by molar-refractivity contribution is -0.120. The van der Waals surface area contributed by atoms with Crippen molar-refractivity contribution in [3.63, 3.8) is 0 Å². The van der Waals surface area contributed by atoms with Gasteiger partial charge in [0.15, 0.2) is 5.96 Å². The van der Waals surface area contributed by atoms with E-state index in [2.05, 4.69) is 27.2 Å². The van der Waals surface area contributed by atoms with Gasteiger partial charge in [-0.3, -0.25) is 9.79 Å². The number of hydrogen-bond acceptors (Lipinski definition) is 3. The van der Waals surface area contributed by atoms with Crippen molar-refractivity contribution in [1.82, 2.24) is 16.0 Å². The number of amides is 1. The Morgan fingerprint density at radius 2 is 2.19 bits per heavy atom. The minimum Gasteiger partial charge on any atom is -0.357 e. The van der Waals surface area contributed by atoms with Crippen molar-refractivity contribution < 1.29 is 9.18 Å². The molecule has 2 rings (SSSR count). The topological polar surface area (TPSA) is 65.5 Å². The number of carbonyl (C=O) groups excluding carboxylic acids is 1. The maximum Gasteiger partial charge on any atom is 0.224 e. The van der Waals surface area contributed by atoms with Gasteiger partial charge in [0, 0.05) is 24.4 Å². The Labute approximate surface area is 159 Å². The summed E-state index contributed by atoms with van der Waals surface area (Å²) in [6.07, 6.45) is 5.92. The normalized spacial score (nSPS) is 20.0. The van der Waals surface area contributed by atoms with Gasteiger partial charge in [0.1, 0.15) is 5.82 Å². The van der Waals surface area contributed by atoms with Crippen molar-refractivity contribution in [3.05, 3.63) is 35.6 Å². The predicted molar refractivity (Wildman–Crippen MR) is 107 cm³/mol. The van der Waals surface area contributed by atoms with Gasteiger partial charge >= 0.3 is 0 Å². The number of halogens is 1. The molecule has 1 aliphatic rings. The maximum atomic E-state index is 13.1. The van der Waals surface area contributed by atoms with Crippen LogP contribution in [0.15, 0.2) is 29.3 Å². The van der Waals surface area contributed by atoms with Crippen LogP contribution in [0.3, 0.4) is 0 Å². The monoisotopic (exact) mass is 380 g/mol. The molecule has 0 saturated heterocycles. The van der Waals surface area contributed by atoms with Crippen LogP contribution in [-0.4, -0.2) is 49.0 Å². The van der Waals surface area contributed by atoms with Crippen molar-refractivity contribution in [2.24, 2.45) is 4.99 Å². The van der Waals surface area contributed by atoms with Gasteiger partial charge in [0.05, 0.1) is 13.0 Å². The Bertz CT molecular complexity index is 611. The first-order valence-electron chi connectivity index (χ1n) is 9.19. The Morgan fingerprint density at radius 3 is 2.88 bits per heavy atom. The van der Waals surface area contributed by atoms with Crippen molar-refractivity contribution in [2.75, 3.05) is 25.9 Å². The molecule has 2 atom stereocenters. The van der Waals surface area contributed by atoms with Crippen LogP contribution in [0.2, 0.25) is 0 Å². The van der Waals surface area contributed by atoms with E-state index in [1.807, 2.05) is 18.7 Å². The lowest BCUT2D eigenvalue weighted by Gasteiger charge is -2.17. The third-order valence-corrected chi connectivity index (χ3v) is 5.46. The Morgan fingerprint density at radius 1 is 1.35 bits per heavy atom. The zero-order valence-electron chi connectivity index (χ0n) is 15.6. The van der Waals surface area contributed by atoms with Gasteiger partial charge in [0.25, 0.3) is 0 Å². The molecule has 1 aromatic carbocycles. The molecule has 0 heterocycles. The van der Waals surface area contributed by atoms with E-state index in [1.165, 1.54) is 25.0 Å². The molecule has 0 aromatic heterocycles. The summed E-state index contributed by atoms with van der Waals surface area (Å²) < 4.78 is 13.1. The minimum absolute atomic E-state index is 0.123. The van der Waals surface area contributed by atoms with Crippen LogP contribution in [0.5, 0.6) is 0 Å². The van der Waals surface area contributed by atoms with E-state index in [0.29, 0.717) is 24.7 Å². The molecule has 1 aliphatic carbocycles. The standard InChI is InChI=1S/C19H29FN4OS/c1-3-21-19(24-16-7-8-17(13-16)26-2)23-10-9-22-18(25)12-14-5-4-6-15(20)11-14/h4-6,11,16-17H,3,7-10,12-13H2,1-2H3,(H,22,25)(H2,21,23,24). The third-order valence-electron chi connectivity index (χ3n) is 4.36. The number of aliphatic imine (C=N–C) groups is 1. The Hall–Kier alpha value is -1.76. The average Bonchev–Trinajstić information content (AvgIpc) is 3.06. The lowest BCUT2D eigenvalue weighted by atomic mass is 10.1. The molecule has 1 aromatic rings. The summed E-state index contributed by atoms with van der Waals surface area (Å²) >= 11 is 1.93. The van der Waals surface area contributed by atoms with Gasteiger partial charge in [0.2, 0.25) is 5.91 Å². The number of guanidine groups is 1. The number of nitrogens with zero attached hydrogens (tertiary/aromatic N) is 1. The largest absolute Gasteiger partial charge is 0.357 e. The fraction of sp³-hybridized carbons (Fsp3) is 0.579. The van der Waals surface area contributed by atoms with Gasteiger partial charge in [-0.15, -0.1) is 0 Å². The van der Waals surface area contributed by atoms with Crippen molar-refractivity contribution in [1.29, 1.82) is 0 Å². The van der Waals surface area contributed by atoms with E-state index < -0.39 is 0 Å². The van der Waals surface area contributed by atoms with E-state index in [-0.39, 0.29) is 18.1 Å². The van der Waals surface area contributed by atoms with Crippen LogP contribution in [0.4, 0.5) is 4.39 Å². The van der Waals surface area contributed by atoms with Gasteiger partial charge < -0.3 is 16.0 Å². The van der Waals surface area contributed by atoms with E-state index in [4.69, 9.17) is 0 Å². The summed E-state index contributed by atoms with van der Waals surface area (Å²) in [6, 6.07) is 6.58. The van der Waals surface area contributed by atoms with Crippen LogP contribution in [0.1, 0.15) is 31.7 Å². The fourth-order valence-electron chi connectivity index (χ4n) is 3.06. The van der Waals surface area contributed by atoms with E-state index in [0.717, 1.165) is 24.2 Å². The van der Waals surface area contributed by atoms with Crippen molar-refractivity contribution >= 4 is 23.6 Å².